The van der Waals surface area contributed by atoms with Crippen LogP contribution in [0.1, 0.15) is 65.2 Å². The molecule has 0 saturated carbocycles. The molecule has 1 nitrogen and oxygen atoms in total. The van der Waals surface area contributed by atoms with Crippen molar-refractivity contribution in [1.82, 2.24) is 0 Å². The SMILES string of the molecule is CCCCCCN(CCCCCC)c1ccc(I)c(I)c1. The summed E-state index contributed by atoms with van der Waals surface area (Å²) in [7, 11) is 0. The summed E-state index contributed by atoms with van der Waals surface area (Å²) < 4.78 is 2.73. The Labute approximate surface area is 158 Å². The number of hydrogen-bond donors (Lipinski definition) is 0. The molecule has 0 unspecified atom stereocenters. The highest BCUT2D eigenvalue weighted by atomic mass is 127. The first kappa shape index (κ1) is 19.5. The number of anilines is 1. The summed E-state index contributed by atoms with van der Waals surface area (Å²) in [6, 6.07) is 6.90. The highest BCUT2D eigenvalue weighted by molar-refractivity contribution is 14.1. The van der Waals surface area contributed by atoms with Crippen molar-refractivity contribution in [3.63, 3.8) is 0 Å². The summed E-state index contributed by atoms with van der Waals surface area (Å²) in [5.74, 6) is 0. The summed E-state index contributed by atoms with van der Waals surface area (Å²) >= 11 is 4.87. The Morgan fingerprint density at radius 2 is 1.33 bits per heavy atom. The number of nitrogens with zero attached hydrogens (tertiary/aromatic N) is 1. The second-order valence-electron chi connectivity index (χ2n) is 5.71. The fourth-order valence-electron chi connectivity index (χ4n) is 2.51. The Hall–Kier alpha value is 0.480. The van der Waals surface area contributed by atoms with E-state index in [1.54, 1.807) is 0 Å². The van der Waals surface area contributed by atoms with Crippen molar-refractivity contribution >= 4 is 50.9 Å². The summed E-state index contributed by atoms with van der Waals surface area (Å²) in [5, 5.41) is 0. The Kier molecular flexibility index (Phi) is 11.1. The van der Waals surface area contributed by atoms with Crippen molar-refractivity contribution in [3.05, 3.63) is 25.3 Å². The zero-order valence-electron chi connectivity index (χ0n) is 13.5. The van der Waals surface area contributed by atoms with Crippen LogP contribution >= 0.6 is 45.2 Å². The summed E-state index contributed by atoms with van der Waals surface area (Å²) in [6.45, 7) is 6.99. The van der Waals surface area contributed by atoms with E-state index in [4.69, 9.17) is 0 Å². The smallest absolute Gasteiger partial charge is 0.0377 e. The predicted molar refractivity (Wildman–Crippen MR) is 112 cm³/mol. The largest absolute Gasteiger partial charge is 0.372 e. The Bertz CT molecular complexity index is 381. The standard InChI is InChI=1S/C18H29I2N/c1-3-5-7-9-13-21(14-10-8-6-4-2)16-11-12-17(19)18(20)15-16/h11-12,15H,3-10,13-14H2,1-2H3. The van der Waals surface area contributed by atoms with Crippen molar-refractivity contribution in [2.75, 3.05) is 18.0 Å². The van der Waals surface area contributed by atoms with Gasteiger partial charge in [0, 0.05) is 25.9 Å². The lowest BCUT2D eigenvalue weighted by molar-refractivity contribution is 0.609. The van der Waals surface area contributed by atoms with Crippen LogP contribution in [0.25, 0.3) is 0 Å². The van der Waals surface area contributed by atoms with Crippen LogP contribution in [0.4, 0.5) is 5.69 Å². The molecule has 0 saturated heterocycles. The van der Waals surface area contributed by atoms with Gasteiger partial charge in [-0.1, -0.05) is 52.4 Å². The van der Waals surface area contributed by atoms with Crippen LogP contribution in [0.3, 0.4) is 0 Å². The maximum absolute atomic E-state index is 2.60. The fraction of sp³-hybridized carbons (Fsp3) is 0.667. The summed E-state index contributed by atoms with van der Waals surface area (Å²) in [6.07, 6.45) is 10.7. The molecule has 0 aliphatic rings. The van der Waals surface area contributed by atoms with Gasteiger partial charge in [-0.2, -0.15) is 0 Å². The molecule has 120 valence electrons. The van der Waals surface area contributed by atoms with Gasteiger partial charge in [-0.15, -0.1) is 0 Å². The van der Waals surface area contributed by atoms with E-state index >= 15 is 0 Å². The van der Waals surface area contributed by atoms with Crippen LogP contribution in [-0.4, -0.2) is 13.1 Å². The molecule has 0 aromatic heterocycles. The Morgan fingerprint density at radius 1 is 0.762 bits per heavy atom. The van der Waals surface area contributed by atoms with E-state index in [2.05, 4.69) is 82.1 Å². The first-order valence-corrected chi connectivity index (χ1v) is 10.5. The van der Waals surface area contributed by atoms with E-state index < -0.39 is 0 Å². The zero-order chi connectivity index (χ0) is 15.5. The van der Waals surface area contributed by atoms with E-state index in [-0.39, 0.29) is 0 Å². The van der Waals surface area contributed by atoms with Gasteiger partial charge >= 0.3 is 0 Å². The zero-order valence-corrected chi connectivity index (χ0v) is 17.8. The quantitative estimate of drug-likeness (QED) is 0.231. The number of hydrogen-bond acceptors (Lipinski definition) is 1. The molecule has 0 fully saturated rings. The molecule has 0 spiro atoms. The van der Waals surface area contributed by atoms with Crippen molar-refractivity contribution < 1.29 is 0 Å². The van der Waals surface area contributed by atoms with Crippen molar-refractivity contribution in [2.45, 2.75) is 65.2 Å². The molecule has 3 heteroatoms. The molecule has 0 radical (unpaired) electrons. The molecule has 1 aromatic carbocycles. The molecule has 0 heterocycles. The maximum atomic E-state index is 2.60. The third kappa shape index (κ3) is 8.05. The minimum Gasteiger partial charge on any atom is -0.372 e. The maximum Gasteiger partial charge on any atom is 0.0377 e. The van der Waals surface area contributed by atoms with E-state index in [1.165, 1.54) is 77.3 Å². The van der Waals surface area contributed by atoms with Crippen LogP contribution in [-0.2, 0) is 0 Å². The normalized spacial score (nSPS) is 10.9. The highest BCUT2D eigenvalue weighted by Crippen LogP contribution is 2.23. The van der Waals surface area contributed by atoms with Gasteiger partial charge in [0.15, 0.2) is 0 Å². The molecular weight excluding hydrogens is 484 g/mol. The topological polar surface area (TPSA) is 3.24 Å². The molecule has 1 aromatic rings. The van der Waals surface area contributed by atoms with Crippen LogP contribution in [0.15, 0.2) is 18.2 Å². The number of unbranched alkanes of at least 4 members (excludes halogenated alkanes) is 6. The lowest BCUT2D eigenvalue weighted by Gasteiger charge is -2.25. The van der Waals surface area contributed by atoms with Gasteiger partial charge in [0.1, 0.15) is 0 Å². The lowest BCUT2D eigenvalue weighted by atomic mass is 10.1. The predicted octanol–water partition coefficient (Wildman–Crippen LogP) is 6.86. The van der Waals surface area contributed by atoms with Gasteiger partial charge in [0.05, 0.1) is 0 Å². The molecule has 0 N–H and O–H groups in total. The first-order chi connectivity index (χ1) is 10.2. The number of rotatable bonds is 11. The average Bonchev–Trinajstić information content (AvgIpc) is 2.48. The lowest BCUT2D eigenvalue weighted by Crippen LogP contribution is -2.25. The molecule has 0 aliphatic carbocycles. The van der Waals surface area contributed by atoms with Gasteiger partial charge < -0.3 is 4.90 Å². The van der Waals surface area contributed by atoms with E-state index in [0.29, 0.717) is 0 Å². The van der Waals surface area contributed by atoms with E-state index in [0.717, 1.165) is 0 Å². The van der Waals surface area contributed by atoms with Crippen molar-refractivity contribution in [1.29, 1.82) is 0 Å². The van der Waals surface area contributed by atoms with E-state index in [9.17, 15) is 0 Å². The average molecular weight is 513 g/mol. The minimum atomic E-state index is 1.21. The summed E-state index contributed by atoms with van der Waals surface area (Å²) in [5.41, 5.74) is 1.41. The van der Waals surface area contributed by atoms with Gasteiger partial charge in [-0.25, -0.2) is 0 Å². The van der Waals surface area contributed by atoms with Gasteiger partial charge in [-0.05, 0) is 76.2 Å². The Morgan fingerprint density at radius 3 is 1.81 bits per heavy atom. The number of halogens is 2. The molecule has 0 aliphatic heterocycles. The molecule has 0 atom stereocenters. The van der Waals surface area contributed by atoms with Crippen LogP contribution in [0.5, 0.6) is 0 Å². The second kappa shape index (κ2) is 12.0. The van der Waals surface area contributed by atoms with Gasteiger partial charge in [0.25, 0.3) is 0 Å². The van der Waals surface area contributed by atoms with Crippen molar-refractivity contribution in [3.8, 4) is 0 Å². The Balaban J connectivity index is 2.58. The molecule has 21 heavy (non-hydrogen) atoms. The van der Waals surface area contributed by atoms with Gasteiger partial charge in [0.2, 0.25) is 0 Å². The summed E-state index contributed by atoms with van der Waals surface area (Å²) in [4.78, 5) is 2.60. The first-order valence-electron chi connectivity index (χ1n) is 8.39. The second-order valence-corrected chi connectivity index (χ2v) is 8.03. The van der Waals surface area contributed by atoms with Crippen LogP contribution < -0.4 is 4.90 Å². The molecular formula is C18H29I2N. The van der Waals surface area contributed by atoms with E-state index in [1.807, 2.05) is 0 Å². The van der Waals surface area contributed by atoms with Gasteiger partial charge in [-0.3, -0.25) is 0 Å². The van der Waals surface area contributed by atoms with Crippen LogP contribution in [0.2, 0.25) is 0 Å². The monoisotopic (exact) mass is 513 g/mol. The van der Waals surface area contributed by atoms with Crippen LogP contribution in [0, 0.1) is 7.14 Å². The minimum absolute atomic E-state index is 1.21. The third-order valence-electron chi connectivity index (χ3n) is 3.83. The fourth-order valence-corrected chi connectivity index (χ4v) is 3.34. The molecule has 0 bridgehead atoms. The highest BCUT2D eigenvalue weighted by Gasteiger charge is 2.08. The number of benzene rings is 1. The van der Waals surface area contributed by atoms with Crippen molar-refractivity contribution in [2.24, 2.45) is 0 Å². The molecule has 1 rings (SSSR count). The molecule has 0 amide bonds. The third-order valence-corrected chi connectivity index (χ3v) is 6.70.